The molecule has 0 radical (unpaired) electrons. The number of hydrogen-bond acceptors (Lipinski definition) is 6. The summed E-state index contributed by atoms with van der Waals surface area (Å²) in [5.74, 6) is 1.27. The van der Waals surface area contributed by atoms with Crippen LogP contribution < -0.4 is 5.32 Å². The van der Waals surface area contributed by atoms with Gasteiger partial charge >= 0.3 is 12.1 Å². The Balaban J connectivity index is 0.996. The summed E-state index contributed by atoms with van der Waals surface area (Å²) in [5.41, 5.74) is 4.82. The monoisotopic (exact) mass is 655 g/mol. The number of anilines is 1. The summed E-state index contributed by atoms with van der Waals surface area (Å²) in [7, 11) is 2.20. The van der Waals surface area contributed by atoms with E-state index in [1.807, 2.05) is 57.8 Å². The number of urea groups is 1. The Bertz CT molecular complexity index is 1620. The number of nitrogens with zero attached hydrogens (tertiary/aromatic N) is 6. The zero-order valence-electron chi connectivity index (χ0n) is 28.4. The number of benzene rings is 1. The zero-order valence-corrected chi connectivity index (χ0v) is 28.4. The number of para-hydroxylation sites is 1. The maximum absolute atomic E-state index is 14.1. The molecule has 1 aromatic carbocycles. The van der Waals surface area contributed by atoms with Crippen LogP contribution in [0.4, 0.5) is 15.3 Å². The van der Waals surface area contributed by atoms with Crippen molar-refractivity contribution >= 4 is 29.4 Å². The van der Waals surface area contributed by atoms with Crippen LogP contribution in [0.2, 0.25) is 0 Å². The topological polar surface area (TPSA) is 103 Å². The van der Waals surface area contributed by atoms with Crippen molar-refractivity contribution < 1.29 is 19.1 Å². The molecule has 0 spiro atoms. The normalized spacial score (nSPS) is 21.1. The summed E-state index contributed by atoms with van der Waals surface area (Å²) in [6.07, 6.45) is 11.2. The fourth-order valence-electron chi connectivity index (χ4n) is 8.38. The van der Waals surface area contributed by atoms with E-state index in [-0.39, 0.29) is 18.0 Å². The predicted octanol–water partition coefficient (Wildman–Crippen LogP) is 4.83. The number of aromatic nitrogens is 2. The van der Waals surface area contributed by atoms with Gasteiger partial charge < -0.3 is 34.1 Å². The van der Waals surface area contributed by atoms with E-state index >= 15 is 0 Å². The van der Waals surface area contributed by atoms with E-state index in [0.29, 0.717) is 57.9 Å². The van der Waals surface area contributed by atoms with Crippen molar-refractivity contribution in [2.45, 2.75) is 70.4 Å². The van der Waals surface area contributed by atoms with Gasteiger partial charge in [-0.05, 0) is 107 Å². The van der Waals surface area contributed by atoms with Gasteiger partial charge in [0.1, 0.15) is 5.65 Å². The van der Waals surface area contributed by atoms with Gasteiger partial charge in [-0.15, -0.1) is 0 Å². The minimum atomic E-state index is -0.912. The van der Waals surface area contributed by atoms with Crippen LogP contribution in [-0.4, -0.2) is 112 Å². The van der Waals surface area contributed by atoms with Gasteiger partial charge in [0, 0.05) is 69.5 Å². The van der Waals surface area contributed by atoms with Crippen molar-refractivity contribution in [3.8, 4) is 0 Å². The average Bonchev–Trinajstić information content (AvgIpc) is 3.52. The van der Waals surface area contributed by atoms with E-state index in [1.54, 1.807) is 11.1 Å². The Labute approximate surface area is 283 Å². The van der Waals surface area contributed by atoms with E-state index in [1.165, 1.54) is 12.8 Å². The molecule has 256 valence electrons. The number of rotatable bonds is 6. The molecule has 11 nitrogen and oxygen atoms in total. The fourth-order valence-corrected chi connectivity index (χ4v) is 8.38. The number of piperidine rings is 3. The Hall–Kier alpha value is -4.12. The lowest BCUT2D eigenvalue weighted by atomic mass is 9.79. The van der Waals surface area contributed by atoms with Crippen LogP contribution in [0.25, 0.3) is 5.65 Å². The van der Waals surface area contributed by atoms with E-state index < -0.39 is 12.2 Å². The lowest BCUT2D eigenvalue weighted by Gasteiger charge is -2.40. The second-order valence-electron chi connectivity index (χ2n) is 14.3. The molecule has 0 unspecified atom stereocenters. The van der Waals surface area contributed by atoms with Crippen LogP contribution in [0.1, 0.15) is 55.2 Å². The van der Waals surface area contributed by atoms with E-state index in [4.69, 9.17) is 4.74 Å². The van der Waals surface area contributed by atoms with Gasteiger partial charge in [-0.3, -0.25) is 4.79 Å². The van der Waals surface area contributed by atoms with E-state index in [2.05, 4.69) is 28.3 Å². The molecule has 0 bridgehead atoms. The molecule has 4 aliphatic rings. The smallest absolute Gasteiger partial charge is 0.410 e. The molecule has 4 amide bonds. The van der Waals surface area contributed by atoms with Crippen LogP contribution in [0.5, 0.6) is 0 Å². The molecule has 3 saturated heterocycles. The molecular formula is C37H49N7O4. The number of aryl methyl sites for hydroxylation is 1. The first kappa shape index (κ1) is 32.4. The number of nitrogens with one attached hydrogen (secondary N) is 1. The van der Waals surface area contributed by atoms with Crippen LogP contribution >= 0.6 is 0 Å². The summed E-state index contributed by atoms with van der Waals surface area (Å²) < 4.78 is 8.10. The van der Waals surface area contributed by atoms with Crippen LogP contribution in [0.15, 0.2) is 48.9 Å². The van der Waals surface area contributed by atoms with Gasteiger partial charge in [0.05, 0.1) is 0 Å². The van der Waals surface area contributed by atoms with Crippen molar-refractivity contribution in [1.82, 2.24) is 29.0 Å². The first-order valence-electron chi connectivity index (χ1n) is 17.8. The summed E-state index contributed by atoms with van der Waals surface area (Å²) in [4.78, 5) is 53.3. The molecule has 0 saturated carbocycles. The first-order valence-corrected chi connectivity index (χ1v) is 17.8. The quantitative estimate of drug-likeness (QED) is 0.409. The summed E-state index contributed by atoms with van der Waals surface area (Å²) in [6.45, 7) is 7.32. The van der Waals surface area contributed by atoms with E-state index in [0.717, 1.165) is 66.3 Å². The summed E-state index contributed by atoms with van der Waals surface area (Å²) in [6, 6.07) is 9.93. The number of hydrogen-bond donors (Lipinski definition) is 1. The van der Waals surface area contributed by atoms with Gasteiger partial charge in [0.15, 0.2) is 6.10 Å². The lowest BCUT2D eigenvalue weighted by Crippen LogP contribution is -2.52. The second-order valence-corrected chi connectivity index (χ2v) is 14.3. The molecule has 0 aliphatic carbocycles. The Morgan fingerprint density at radius 3 is 2.38 bits per heavy atom. The third-order valence-electron chi connectivity index (χ3n) is 11.3. The van der Waals surface area contributed by atoms with Crippen molar-refractivity contribution in [1.29, 1.82) is 0 Å². The predicted molar refractivity (Wildman–Crippen MR) is 184 cm³/mol. The highest BCUT2D eigenvalue weighted by molar-refractivity contribution is 5.91. The average molecular weight is 656 g/mol. The third kappa shape index (κ3) is 7.02. The Kier molecular flexibility index (Phi) is 9.57. The number of likely N-dealkylation sites (tertiary alicyclic amines) is 3. The third-order valence-corrected chi connectivity index (χ3v) is 11.3. The maximum atomic E-state index is 14.1. The number of carbonyl (C=O) groups is 3. The standard InChI is InChI=1S/C37H49N7O4/c1-26-23-27(25-43-22-14-38-34(26)43)24-33(35(45)41-17-9-29(10-18-41)28-7-15-40(2)16-8-28)48-37(47)42-19-12-31(13-20-42)44-21-11-30-5-3-4-6-32(30)39-36(44)46/h3-6,14,22-23,25,28-29,31,33H,7-13,15-21,24H2,1-2H3,(H,39,46)/t33-/m1/s1. The minimum absolute atomic E-state index is 0.0385. The maximum Gasteiger partial charge on any atom is 0.410 e. The first-order chi connectivity index (χ1) is 23.3. The fraction of sp³-hybridized carbons (Fsp3) is 0.568. The van der Waals surface area contributed by atoms with Crippen molar-refractivity contribution in [2.24, 2.45) is 11.8 Å². The summed E-state index contributed by atoms with van der Waals surface area (Å²) in [5, 5.41) is 3.06. The highest BCUT2D eigenvalue weighted by Crippen LogP contribution is 2.33. The highest BCUT2D eigenvalue weighted by atomic mass is 16.6. The SMILES string of the molecule is Cc1cc(C[C@@H](OC(=O)N2CCC(N3CCc4ccccc4NC3=O)CC2)C(=O)N2CCC(C3CCN(C)CC3)CC2)cn2ccnc12. The van der Waals surface area contributed by atoms with Crippen molar-refractivity contribution in [3.05, 3.63) is 65.6 Å². The highest BCUT2D eigenvalue weighted by Gasteiger charge is 2.37. The number of carbonyl (C=O) groups excluding carboxylic acids is 3. The molecule has 1 N–H and O–H groups in total. The van der Waals surface area contributed by atoms with Crippen LogP contribution in [-0.2, 0) is 22.4 Å². The molecule has 2 aromatic heterocycles. The van der Waals surface area contributed by atoms with Gasteiger partial charge in [-0.25, -0.2) is 14.6 Å². The number of ether oxygens (including phenoxy) is 1. The largest absolute Gasteiger partial charge is 0.436 e. The number of fused-ring (bicyclic) bond motifs is 2. The molecule has 6 heterocycles. The number of pyridine rings is 1. The molecular weight excluding hydrogens is 606 g/mol. The zero-order chi connectivity index (χ0) is 33.2. The Morgan fingerprint density at radius 1 is 0.938 bits per heavy atom. The second kappa shape index (κ2) is 14.2. The molecule has 4 aliphatic heterocycles. The van der Waals surface area contributed by atoms with Crippen LogP contribution in [0, 0.1) is 18.8 Å². The Morgan fingerprint density at radius 2 is 1.62 bits per heavy atom. The molecule has 1 atom stereocenters. The number of amides is 4. The number of imidazole rings is 1. The van der Waals surface area contributed by atoms with Crippen molar-refractivity contribution in [2.75, 3.05) is 58.2 Å². The van der Waals surface area contributed by atoms with Crippen molar-refractivity contribution in [3.63, 3.8) is 0 Å². The molecule has 3 aromatic rings. The molecule has 7 rings (SSSR count). The summed E-state index contributed by atoms with van der Waals surface area (Å²) >= 11 is 0. The van der Waals surface area contributed by atoms with Crippen LogP contribution in [0.3, 0.4) is 0 Å². The molecule has 3 fully saturated rings. The van der Waals surface area contributed by atoms with Gasteiger partial charge in [0.2, 0.25) is 0 Å². The molecule has 48 heavy (non-hydrogen) atoms. The van der Waals surface area contributed by atoms with Gasteiger partial charge in [0.25, 0.3) is 5.91 Å². The van der Waals surface area contributed by atoms with Gasteiger partial charge in [-0.2, -0.15) is 0 Å². The lowest BCUT2D eigenvalue weighted by molar-refractivity contribution is -0.142. The van der Waals surface area contributed by atoms with E-state index in [9.17, 15) is 14.4 Å². The van der Waals surface area contributed by atoms with Gasteiger partial charge in [-0.1, -0.05) is 24.3 Å². The minimum Gasteiger partial charge on any atom is -0.436 e. The molecule has 11 heteroatoms.